The number of ketones is 1. The van der Waals surface area contributed by atoms with E-state index in [4.69, 9.17) is 0 Å². The largest absolute Gasteiger partial charge is 0.304 e. The van der Waals surface area contributed by atoms with Gasteiger partial charge in [0.15, 0.2) is 0 Å². The Morgan fingerprint density at radius 2 is 1.71 bits per heavy atom. The third-order valence-electron chi connectivity index (χ3n) is 3.63. The number of hydrogen-bond acceptors (Lipinski definition) is 2. The van der Waals surface area contributed by atoms with Crippen molar-refractivity contribution in [1.82, 2.24) is 0 Å². The number of benzene rings is 2. The van der Waals surface area contributed by atoms with Gasteiger partial charge in [0.25, 0.3) is 11.7 Å². The second-order valence-corrected chi connectivity index (χ2v) is 5.87. The summed E-state index contributed by atoms with van der Waals surface area (Å²) in [5.74, 6) is -0.837. The van der Waals surface area contributed by atoms with Crippen LogP contribution in [0.5, 0.6) is 0 Å². The lowest BCUT2D eigenvalue weighted by Gasteiger charge is -2.17. The van der Waals surface area contributed by atoms with E-state index in [1.54, 1.807) is 17.0 Å². The molecule has 0 radical (unpaired) electrons. The van der Waals surface area contributed by atoms with E-state index in [0.29, 0.717) is 17.8 Å². The predicted molar refractivity (Wildman–Crippen MR) is 85.6 cm³/mol. The number of amides is 1. The average molecular weight is 344 g/mol. The molecule has 0 fully saturated rings. The second-order valence-electron chi connectivity index (χ2n) is 5.01. The molecular formula is C17H14BrNO2. The van der Waals surface area contributed by atoms with Gasteiger partial charge < -0.3 is 4.90 Å². The molecule has 0 spiro atoms. The predicted octanol–water partition coefficient (Wildman–Crippen LogP) is 3.61. The summed E-state index contributed by atoms with van der Waals surface area (Å²) in [5.41, 5.74) is 2.44. The van der Waals surface area contributed by atoms with Crippen LogP contribution in [0, 0.1) is 0 Å². The summed E-state index contributed by atoms with van der Waals surface area (Å²) in [7, 11) is 0. The van der Waals surface area contributed by atoms with Gasteiger partial charge in [0.2, 0.25) is 0 Å². The lowest BCUT2D eigenvalue weighted by Crippen LogP contribution is -2.31. The van der Waals surface area contributed by atoms with Gasteiger partial charge >= 0.3 is 0 Å². The van der Waals surface area contributed by atoms with Crippen LogP contribution in [-0.2, 0) is 11.2 Å². The molecule has 1 amide bonds. The Morgan fingerprint density at radius 3 is 2.48 bits per heavy atom. The van der Waals surface area contributed by atoms with Gasteiger partial charge in [0.1, 0.15) is 0 Å². The SMILES string of the molecule is O=C1C(=O)N(CCCc2ccccc2)c2c(Br)cccc21. The number of Topliss-reactive ketones (excluding diaryl/α,β-unsaturated/α-hetero) is 1. The van der Waals surface area contributed by atoms with Crippen LogP contribution in [-0.4, -0.2) is 18.2 Å². The van der Waals surface area contributed by atoms with Crippen molar-refractivity contribution >= 4 is 33.3 Å². The van der Waals surface area contributed by atoms with Crippen LogP contribution in [0.25, 0.3) is 0 Å². The number of halogens is 1. The number of hydrogen-bond donors (Lipinski definition) is 0. The second kappa shape index (κ2) is 5.82. The first-order chi connectivity index (χ1) is 10.2. The van der Waals surface area contributed by atoms with E-state index >= 15 is 0 Å². The monoisotopic (exact) mass is 343 g/mol. The minimum absolute atomic E-state index is 0.411. The molecule has 0 unspecified atom stereocenters. The van der Waals surface area contributed by atoms with Crippen LogP contribution in [0.4, 0.5) is 5.69 Å². The number of fused-ring (bicyclic) bond motifs is 1. The Hall–Kier alpha value is -1.94. The van der Waals surface area contributed by atoms with E-state index in [-0.39, 0.29) is 0 Å². The molecule has 21 heavy (non-hydrogen) atoms. The molecule has 0 aliphatic carbocycles. The number of nitrogens with zero attached hydrogens (tertiary/aromatic N) is 1. The fourth-order valence-electron chi connectivity index (χ4n) is 2.61. The molecule has 0 atom stereocenters. The van der Waals surface area contributed by atoms with Crippen molar-refractivity contribution in [2.24, 2.45) is 0 Å². The van der Waals surface area contributed by atoms with Crippen LogP contribution in [0.15, 0.2) is 53.0 Å². The van der Waals surface area contributed by atoms with Gasteiger partial charge in [-0.2, -0.15) is 0 Å². The molecule has 0 aromatic heterocycles. The van der Waals surface area contributed by atoms with Crippen molar-refractivity contribution < 1.29 is 9.59 Å². The summed E-state index contributed by atoms with van der Waals surface area (Å²) in [6.07, 6.45) is 1.71. The molecule has 106 valence electrons. The maximum atomic E-state index is 12.1. The zero-order chi connectivity index (χ0) is 14.8. The molecule has 4 heteroatoms. The minimum atomic E-state index is -0.426. The van der Waals surface area contributed by atoms with Crippen LogP contribution < -0.4 is 4.90 Å². The van der Waals surface area contributed by atoms with E-state index in [2.05, 4.69) is 28.1 Å². The van der Waals surface area contributed by atoms with Crippen molar-refractivity contribution in [3.63, 3.8) is 0 Å². The van der Waals surface area contributed by atoms with Crippen molar-refractivity contribution in [2.45, 2.75) is 12.8 Å². The first-order valence-electron chi connectivity index (χ1n) is 6.87. The highest BCUT2D eigenvalue weighted by Crippen LogP contribution is 2.35. The van der Waals surface area contributed by atoms with Crippen molar-refractivity contribution in [3.8, 4) is 0 Å². The molecule has 0 saturated heterocycles. The van der Waals surface area contributed by atoms with Crippen molar-refractivity contribution in [2.75, 3.05) is 11.4 Å². The van der Waals surface area contributed by atoms with Gasteiger partial charge in [-0.1, -0.05) is 36.4 Å². The maximum absolute atomic E-state index is 12.1. The van der Waals surface area contributed by atoms with E-state index < -0.39 is 11.7 Å². The number of aryl methyl sites for hydroxylation is 1. The number of anilines is 1. The maximum Gasteiger partial charge on any atom is 0.299 e. The summed E-state index contributed by atoms with van der Waals surface area (Å²) in [5, 5.41) is 0. The summed E-state index contributed by atoms with van der Waals surface area (Å²) in [6.45, 7) is 0.551. The minimum Gasteiger partial charge on any atom is -0.304 e. The van der Waals surface area contributed by atoms with Gasteiger partial charge in [-0.05, 0) is 46.5 Å². The molecule has 2 aromatic carbocycles. The zero-order valence-electron chi connectivity index (χ0n) is 11.4. The average Bonchev–Trinajstić information content (AvgIpc) is 2.75. The van der Waals surface area contributed by atoms with Crippen LogP contribution in [0.2, 0.25) is 0 Å². The molecule has 3 nitrogen and oxygen atoms in total. The van der Waals surface area contributed by atoms with Gasteiger partial charge in [-0.3, -0.25) is 9.59 Å². The number of para-hydroxylation sites is 1. The summed E-state index contributed by atoms with van der Waals surface area (Å²) < 4.78 is 0.791. The zero-order valence-corrected chi connectivity index (χ0v) is 13.0. The Morgan fingerprint density at radius 1 is 0.952 bits per heavy atom. The first kappa shape index (κ1) is 14.0. The highest BCUT2D eigenvalue weighted by molar-refractivity contribution is 9.10. The summed E-state index contributed by atoms with van der Waals surface area (Å²) in [6, 6.07) is 15.5. The molecule has 3 rings (SSSR count). The molecule has 0 N–H and O–H groups in total. The standard InChI is InChI=1S/C17H14BrNO2/c18-14-10-4-9-13-15(14)19(17(21)16(13)20)11-5-8-12-6-2-1-3-7-12/h1-4,6-7,9-10H,5,8,11H2. The Balaban J connectivity index is 1.75. The van der Waals surface area contributed by atoms with Crippen molar-refractivity contribution in [3.05, 3.63) is 64.1 Å². The molecule has 2 aromatic rings. The fourth-order valence-corrected chi connectivity index (χ4v) is 3.19. The Labute approximate surface area is 131 Å². The Kier molecular flexibility index (Phi) is 3.88. The summed E-state index contributed by atoms with van der Waals surface area (Å²) >= 11 is 3.43. The number of carbonyl (C=O) groups is 2. The molecular weight excluding hydrogens is 330 g/mol. The third-order valence-corrected chi connectivity index (χ3v) is 4.27. The lowest BCUT2D eigenvalue weighted by atomic mass is 10.1. The van der Waals surface area contributed by atoms with Gasteiger partial charge in [0.05, 0.1) is 11.3 Å². The normalized spacial score (nSPS) is 13.7. The van der Waals surface area contributed by atoms with Gasteiger partial charge in [-0.15, -0.1) is 0 Å². The molecule has 1 aliphatic heterocycles. The molecule has 1 heterocycles. The van der Waals surface area contributed by atoms with E-state index in [1.807, 2.05) is 24.3 Å². The Bertz CT molecular complexity index is 697. The van der Waals surface area contributed by atoms with Crippen LogP contribution in [0.3, 0.4) is 0 Å². The summed E-state index contributed by atoms with van der Waals surface area (Å²) in [4.78, 5) is 25.7. The number of carbonyl (C=O) groups excluding carboxylic acids is 2. The quantitative estimate of drug-likeness (QED) is 0.795. The van der Waals surface area contributed by atoms with Gasteiger partial charge in [0, 0.05) is 11.0 Å². The molecule has 1 aliphatic rings. The fraction of sp³-hybridized carbons (Fsp3) is 0.176. The topological polar surface area (TPSA) is 37.4 Å². The smallest absolute Gasteiger partial charge is 0.299 e. The molecule has 0 saturated carbocycles. The van der Waals surface area contributed by atoms with Crippen LogP contribution >= 0.6 is 15.9 Å². The van der Waals surface area contributed by atoms with Crippen molar-refractivity contribution in [1.29, 1.82) is 0 Å². The van der Waals surface area contributed by atoms with E-state index in [1.165, 1.54) is 5.56 Å². The first-order valence-corrected chi connectivity index (χ1v) is 7.66. The highest BCUT2D eigenvalue weighted by Gasteiger charge is 2.36. The number of rotatable bonds is 4. The third kappa shape index (κ3) is 2.63. The van der Waals surface area contributed by atoms with Crippen LogP contribution in [0.1, 0.15) is 22.3 Å². The van der Waals surface area contributed by atoms with Gasteiger partial charge in [-0.25, -0.2) is 0 Å². The van der Waals surface area contributed by atoms with E-state index in [9.17, 15) is 9.59 Å². The van der Waals surface area contributed by atoms with E-state index in [0.717, 1.165) is 17.3 Å². The lowest BCUT2D eigenvalue weighted by molar-refractivity contribution is -0.114. The molecule has 0 bridgehead atoms. The highest BCUT2D eigenvalue weighted by atomic mass is 79.9.